The van der Waals surface area contributed by atoms with Gasteiger partial charge >= 0.3 is 5.97 Å². The number of carbonyl (C=O) groups is 2. The molecule has 134 valence electrons. The molecule has 3 rings (SSSR count). The van der Waals surface area contributed by atoms with E-state index < -0.39 is 5.97 Å². The molecule has 5 nitrogen and oxygen atoms in total. The number of Topliss-reactive ketones (excluding diaryl/α,β-unsaturated/α-hetero) is 1. The predicted octanol–water partition coefficient (Wildman–Crippen LogP) is 3.86. The highest BCUT2D eigenvalue weighted by Crippen LogP contribution is 2.37. The van der Waals surface area contributed by atoms with Gasteiger partial charge in [0.25, 0.3) is 0 Å². The van der Waals surface area contributed by atoms with Gasteiger partial charge in [0.05, 0.1) is 12.2 Å². The molecule has 0 unspecified atom stereocenters. The van der Waals surface area contributed by atoms with E-state index in [4.69, 9.17) is 14.2 Å². The number of benzene rings is 2. The molecule has 0 spiro atoms. The van der Waals surface area contributed by atoms with Gasteiger partial charge in [-0.2, -0.15) is 0 Å². The average molecular weight is 352 g/mol. The SMILES string of the molecule is CCOC(=O)COc1cc(C)c2c(c1)O/C(=C\c1cccc(C)c1)C2=O. The van der Waals surface area contributed by atoms with Crippen molar-refractivity contribution in [1.29, 1.82) is 0 Å². The van der Waals surface area contributed by atoms with Crippen LogP contribution in [0.2, 0.25) is 0 Å². The summed E-state index contributed by atoms with van der Waals surface area (Å²) in [6.07, 6.45) is 1.73. The third kappa shape index (κ3) is 3.77. The highest BCUT2D eigenvalue weighted by molar-refractivity contribution is 6.15. The third-order valence-corrected chi connectivity index (χ3v) is 3.95. The van der Waals surface area contributed by atoms with Crippen LogP contribution in [0.1, 0.15) is 34.0 Å². The van der Waals surface area contributed by atoms with Crippen molar-refractivity contribution in [3.8, 4) is 11.5 Å². The van der Waals surface area contributed by atoms with Crippen molar-refractivity contribution in [2.75, 3.05) is 13.2 Å². The zero-order chi connectivity index (χ0) is 18.7. The molecule has 0 saturated heterocycles. The Labute approximate surface area is 152 Å². The van der Waals surface area contributed by atoms with Crippen LogP contribution in [-0.4, -0.2) is 25.0 Å². The first kappa shape index (κ1) is 17.7. The molecule has 0 radical (unpaired) electrons. The van der Waals surface area contributed by atoms with Crippen LogP contribution in [0.5, 0.6) is 11.5 Å². The number of ketones is 1. The second-order valence-electron chi connectivity index (χ2n) is 6.06. The molecule has 2 aromatic rings. The topological polar surface area (TPSA) is 61.8 Å². The van der Waals surface area contributed by atoms with Crippen molar-refractivity contribution in [2.45, 2.75) is 20.8 Å². The van der Waals surface area contributed by atoms with Crippen LogP contribution < -0.4 is 9.47 Å². The summed E-state index contributed by atoms with van der Waals surface area (Å²) in [5, 5.41) is 0. The smallest absolute Gasteiger partial charge is 0.344 e. The van der Waals surface area contributed by atoms with E-state index in [1.807, 2.05) is 38.1 Å². The predicted molar refractivity (Wildman–Crippen MR) is 97.4 cm³/mol. The van der Waals surface area contributed by atoms with Gasteiger partial charge in [-0.1, -0.05) is 29.8 Å². The third-order valence-electron chi connectivity index (χ3n) is 3.95. The number of aryl methyl sites for hydroxylation is 2. The van der Waals surface area contributed by atoms with E-state index in [2.05, 4.69) is 0 Å². The summed E-state index contributed by atoms with van der Waals surface area (Å²) < 4.78 is 16.0. The Morgan fingerprint density at radius 1 is 1.19 bits per heavy atom. The summed E-state index contributed by atoms with van der Waals surface area (Å²) in [7, 11) is 0. The minimum atomic E-state index is -0.442. The lowest BCUT2D eigenvalue weighted by molar-refractivity contribution is -0.145. The van der Waals surface area contributed by atoms with E-state index in [1.165, 1.54) is 0 Å². The van der Waals surface area contributed by atoms with Crippen LogP contribution in [-0.2, 0) is 9.53 Å². The van der Waals surface area contributed by atoms with E-state index >= 15 is 0 Å². The summed E-state index contributed by atoms with van der Waals surface area (Å²) in [6, 6.07) is 11.2. The first-order chi connectivity index (χ1) is 12.5. The fraction of sp³-hybridized carbons (Fsp3) is 0.238. The van der Waals surface area contributed by atoms with E-state index in [9.17, 15) is 9.59 Å². The Balaban J connectivity index is 1.83. The lowest BCUT2D eigenvalue weighted by atomic mass is 10.0. The average Bonchev–Trinajstić information content (AvgIpc) is 2.89. The van der Waals surface area contributed by atoms with E-state index in [1.54, 1.807) is 25.1 Å². The summed E-state index contributed by atoms with van der Waals surface area (Å²) in [5.41, 5.74) is 3.26. The van der Waals surface area contributed by atoms with Crippen molar-refractivity contribution < 1.29 is 23.8 Å². The van der Waals surface area contributed by atoms with Gasteiger partial charge in [-0.25, -0.2) is 4.79 Å². The minimum absolute atomic E-state index is 0.157. The van der Waals surface area contributed by atoms with Crippen molar-refractivity contribution in [3.05, 3.63) is 64.4 Å². The summed E-state index contributed by atoms with van der Waals surface area (Å²) in [4.78, 5) is 24.1. The lowest BCUT2D eigenvalue weighted by Crippen LogP contribution is -2.14. The van der Waals surface area contributed by atoms with Gasteiger partial charge in [0.15, 0.2) is 12.4 Å². The quantitative estimate of drug-likeness (QED) is 0.604. The number of fused-ring (bicyclic) bond motifs is 1. The molecule has 0 atom stereocenters. The monoisotopic (exact) mass is 352 g/mol. The number of ether oxygens (including phenoxy) is 3. The highest BCUT2D eigenvalue weighted by atomic mass is 16.6. The molecule has 1 heterocycles. The second-order valence-corrected chi connectivity index (χ2v) is 6.06. The molecule has 2 aromatic carbocycles. The Hall–Kier alpha value is -3.08. The zero-order valence-corrected chi connectivity index (χ0v) is 15.0. The van der Waals surface area contributed by atoms with Gasteiger partial charge < -0.3 is 14.2 Å². The normalized spacial score (nSPS) is 14.1. The Morgan fingerprint density at radius 3 is 2.73 bits per heavy atom. The molecule has 0 amide bonds. The number of hydrogen-bond acceptors (Lipinski definition) is 5. The molecule has 0 saturated carbocycles. The second kappa shape index (κ2) is 7.44. The Kier molecular flexibility index (Phi) is 5.07. The van der Waals surface area contributed by atoms with Crippen molar-refractivity contribution in [2.24, 2.45) is 0 Å². The maximum atomic E-state index is 12.7. The molecule has 0 aromatic heterocycles. The van der Waals surface area contributed by atoms with Crippen molar-refractivity contribution in [1.82, 2.24) is 0 Å². The van der Waals surface area contributed by atoms with Crippen LogP contribution >= 0.6 is 0 Å². The molecule has 0 N–H and O–H groups in total. The number of rotatable bonds is 5. The van der Waals surface area contributed by atoms with Crippen LogP contribution in [0, 0.1) is 13.8 Å². The van der Waals surface area contributed by atoms with Gasteiger partial charge in [0, 0.05) is 6.07 Å². The Morgan fingerprint density at radius 2 is 2.00 bits per heavy atom. The molecule has 1 aliphatic heterocycles. The number of esters is 1. The lowest BCUT2D eigenvalue weighted by Gasteiger charge is -2.08. The fourth-order valence-corrected chi connectivity index (χ4v) is 2.82. The first-order valence-electron chi connectivity index (χ1n) is 8.42. The Bertz CT molecular complexity index is 895. The van der Waals surface area contributed by atoms with Gasteiger partial charge in [-0.15, -0.1) is 0 Å². The minimum Gasteiger partial charge on any atom is -0.482 e. The number of hydrogen-bond donors (Lipinski definition) is 0. The molecule has 1 aliphatic rings. The van der Waals surface area contributed by atoms with Gasteiger partial charge in [-0.05, 0) is 44.0 Å². The maximum Gasteiger partial charge on any atom is 0.344 e. The zero-order valence-electron chi connectivity index (χ0n) is 15.0. The van der Waals surface area contributed by atoms with Crippen LogP contribution in [0.3, 0.4) is 0 Å². The fourth-order valence-electron chi connectivity index (χ4n) is 2.82. The molecule has 26 heavy (non-hydrogen) atoms. The molecular weight excluding hydrogens is 332 g/mol. The van der Waals surface area contributed by atoms with Crippen molar-refractivity contribution >= 4 is 17.8 Å². The molecule has 0 aliphatic carbocycles. The largest absolute Gasteiger partial charge is 0.482 e. The van der Waals surface area contributed by atoms with Crippen LogP contribution in [0.25, 0.3) is 6.08 Å². The van der Waals surface area contributed by atoms with Gasteiger partial charge in [0.2, 0.25) is 5.78 Å². The van der Waals surface area contributed by atoms with E-state index in [0.717, 1.165) is 16.7 Å². The van der Waals surface area contributed by atoms with Crippen molar-refractivity contribution in [3.63, 3.8) is 0 Å². The molecule has 0 bridgehead atoms. The first-order valence-corrected chi connectivity index (χ1v) is 8.42. The number of allylic oxidation sites excluding steroid dienone is 1. The summed E-state index contributed by atoms with van der Waals surface area (Å²) in [5.74, 6) is 0.571. The van der Waals surface area contributed by atoms with Gasteiger partial charge in [-0.3, -0.25) is 4.79 Å². The highest BCUT2D eigenvalue weighted by Gasteiger charge is 2.30. The molecule has 5 heteroatoms. The molecule has 0 fully saturated rings. The summed E-state index contributed by atoms with van der Waals surface area (Å²) in [6.45, 7) is 5.65. The van der Waals surface area contributed by atoms with E-state index in [0.29, 0.717) is 23.7 Å². The van der Waals surface area contributed by atoms with Crippen LogP contribution in [0.4, 0.5) is 0 Å². The maximum absolute atomic E-state index is 12.7. The van der Waals surface area contributed by atoms with E-state index in [-0.39, 0.29) is 18.1 Å². The summed E-state index contributed by atoms with van der Waals surface area (Å²) >= 11 is 0. The molecular formula is C21H20O5. The van der Waals surface area contributed by atoms with Crippen LogP contribution in [0.15, 0.2) is 42.2 Å². The number of carbonyl (C=O) groups excluding carboxylic acids is 2. The van der Waals surface area contributed by atoms with Gasteiger partial charge in [0.1, 0.15) is 11.5 Å². The standard InChI is InChI=1S/C21H20O5/c1-4-24-19(22)12-25-16-9-14(3)20-17(11-16)26-18(21(20)23)10-15-7-5-6-13(2)8-15/h5-11H,4,12H2,1-3H3/b18-10-.